The third-order valence-electron chi connectivity index (χ3n) is 4.44. The van der Waals surface area contributed by atoms with Gasteiger partial charge in [-0.3, -0.25) is 0 Å². The summed E-state index contributed by atoms with van der Waals surface area (Å²) in [6.45, 7) is 7.80. The molecule has 0 saturated carbocycles. The molecule has 0 unspecified atom stereocenters. The molecule has 0 radical (unpaired) electrons. The monoisotopic (exact) mass is 370 g/mol. The van der Waals surface area contributed by atoms with Crippen LogP contribution >= 0.6 is 0 Å². The molecule has 26 heavy (non-hydrogen) atoms. The van der Waals surface area contributed by atoms with Crippen molar-refractivity contribution < 1.29 is 13.2 Å². The third-order valence-corrected chi connectivity index (χ3v) is 5.92. The average Bonchev–Trinajstić information content (AvgIpc) is 2.79. The van der Waals surface area contributed by atoms with Crippen molar-refractivity contribution in [3.63, 3.8) is 0 Å². The van der Waals surface area contributed by atoms with Crippen LogP contribution in [-0.4, -0.2) is 21.4 Å². The van der Waals surface area contributed by atoms with Gasteiger partial charge < -0.3 is 10.1 Å². The molecule has 2 aromatic rings. The van der Waals surface area contributed by atoms with Crippen LogP contribution in [0.25, 0.3) is 4.91 Å². The second kappa shape index (κ2) is 6.61. The molecule has 1 heterocycles. The van der Waals surface area contributed by atoms with Gasteiger partial charge in [0.2, 0.25) is 0 Å². The largest absolute Gasteiger partial charge is 0.497 e. The summed E-state index contributed by atoms with van der Waals surface area (Å²) in [4.78, 5) is 0.227. The Bertz CT molecular complexity index is 1010. The molecule has 0 amide bonds. The summed E-state index contributed by atoms with van der Waals surface area (Å²) < 4.78 is 34.4. The number of hydrogen-bond acceptors (Lipinski definition) is 4. The molecule has 136 valence electrons. The summed E-state index contributed by atoms with van der Waals surface area (Å²) in [6.07, 6.45) is 0. The van der Waals surface area contributed by atoms with E-state index in [0.29, 0.717) is 22.7 Å². The van der Waals surface area contributed by atoms with Gasteiger partial charge in [0.1, 0.15) is 16.5 Å². The van der Waals surface area contributed by atoms with Crippen LogP contribution in [0.2, 0.25) is 0 Å². The standard InChI is InChI=1S/C20H22N2O3S/c1-12-10-13(2)18(14(3)11-12)21-20-15(4)19(26(23,24)22-20)16-6-8-17(25-5)9-7-16/h6-11H,1-5H3,(H,21,22). The molecule has 0 spiro atoms. The quantitative estimate of drug-likeness (QED) is 0.879. The van der Waals surface area contributed by atoms with E-state index in [0.717, 1.165) is 22.4 Å². The minimum atomic E-state index is -3.75. The van der Waals surface area contributed by atoms with E-state index in [1.54, 1.807) is 38.3 Å². The summed E-state index contributed by atoms with van der Waals surface area (Å²) in [7, 11) is -2.18. The van der Waals surface area contributed by atoms with E-state index < -0.39 is 10.0 Å². The number of nitrogens with one attached hydrogen (secondary N) is 1. The number of ether oxygens (including phenoxy) is 1. The van der Waals surface area contributed by atoms with E-state index in [1.165, 1.54) is 0 Å². The Kier molecular flexibility index (Phi) is 4.63. The van der Waals surface area contributed by atoms with Crippen LogP contribution in [0.5, 0.6) is 5.75 Å². The van der Waals surface area contributed by atoms with Gasteiger partial charge in [-0.2, -0.15) is 8.42 Å². The normalized spacial score (nSPS) is 15.8. The van der Waals surface area contributed by atoms with Gasteiger partial charge >= 0.3 is 0 Å². The van der Waals surface area contributed by atoms with Crippen LogP contribution in [0.3, 0.4) is 0 Å². The highest BCUT2D eigenvalue weighted by Crippen LogP contribution is 2.34. The lowest BCUT2D eigenvalue weighted by Gasteiger charge is -2.14. The van der Waals surface area contributed by atoms with Crippen LogP contribution in [0.1, 0.15) is 29.2 Å². The lowest BCUT2D eigenvalue weighted by Crippen LogP contribution is -2.13. The Morgan fingerprint density at radius 2 is 1.54 bits per heavy atom. The van der Waals surface area contributed by atoms with Crippen LogP contribution in [0.4, 0.5) is 5.69 Å². The first-order valence-corrected chi connectivity index (χ1v) is 9.72. The minimum Gasteiger partial charge on any atom is -0.497 e. The topological polar surface area (TPSA) is 67.8 Å². The Hall–Kier alpha value is -2.60. The number of anilines is 1. The Morgan fingerprint density at radius 1 is 0.962 bits per heavy atom. The summed E-state index contributed by atoms with van der Waals surface area (Å²) >= 11 is 0. The molecule has 6 heteroatoms. The van der Waals surface area contributed by atoms with Crippen LogP contribution in [-0.2, 0) is 10.0 Å². The van der Waals surface area contributed by atoms with Gasteiger partial charge in [0.25, 0.3) is 10.0 Å². The fraction of sp³-hybridized carbons (Fsp3) is 0.250. The molecule has 3 rings (SSSR count). The minimum absolute atomic E-state index is 0.227. The fourth-order valence-corrected chi connectivity index (χ4v) is 4.69. The van der Waals surface area contributed by atoms with Crippen molar-refractivity contribution in [3.8, 4) is 5.75 Å². The van der Waals surface area contributed by atoms with E-state index in [1.807, 2.05) is 20.8 Å². The van der Waals surface area contributed by atoms with E-state index in [4.69, 9.17) is 4.74 Å². The van der Waals surface area contributed by atoms with E-state index in [2.05, 4.69) is 21.8 Å². The number of aryl methyl sites for hydroxylation is 3. The van der Waals surface area contributed by atoms with Gasteiger partial charge in [0.15, 0.2) is 0 Å². The van der Waals surface area contributed by atoms with Gasteiger partial charge in [0, 0.05) is 11.3 Å². The number of benzene rings is 2. The Morgan fingerprint density at radius 3 is 2.08 bits per heavy atom. The van der Waals surface area contributed by atoms with Crippen molar-refractivity contribution in [2.24, 2.45) is 4.40 Å². The lowest BCUT2D eigenvalue weighted by molar-refractivity contribution is 0.415. The summed E-state index contributed by atoms with van der Waals surface area (Å²) in [5.74, 6) is 1.04. The molecular formula is C20H22N2O3S. The number of amidine groups is 1. The van der Waals surface area contributed by atoms with E-state index >= 15 is 0 Å². The molecule has 1 N–H and O–H groups in total. The van der Waals surface area contributed by atoms with Crippen molar-refractivity contribution >= 4 is 26.5 Å². The molecule has 2 aromatic carbocycles. The molecule has 0 saturated heterocycles. The first kappa shape index (κ1) is 18.2. The number of methoxy groups -OCH3 is 1. The zero-order chi connectivity index (χ0) is 19.1. The SMILES string of the molecule is COc1ccc(C2=C(C)C(Nc3c(C)cc(C)cc3C)=NS2(=O)=O)cc1. The first-order valence-electron chi connectivity index (χ1n) is 8.28. The highest BCUT2D eigenvalue weighted by molar-refractivity contribution is 8.00. The zero-order valence-corrected chi connectivity index (χ0v) is 16.4. The Labute approximate surface area is 154 Å². The smallest absolute Gasteiger partial charge is 0.285 e. The van der Waals surface area contributed by atoms with Crippen LogP contribution in [0.15, 0.2) is 46.4 Å². The first-order chi connectivity index (χ1) is 12.2. The number of nitrogens with zero attached hydrogens (tertiary/aromatic N) is 1. The second-order valence-corrected chi connectivity index (χ2v) is 8.04. The molecule has 0 aliphatic carbocycles. The maximum atomic E-state index is 12.6. The van der Waals surface area contributed by atoms with Crippen molar-refractivity contribution in [1.29, 1.82) is 0 Å². The van der Waals surface area contributed by atoms with Gasteiger partial charge in [0.05, 0.1) is 7.11 Å². The van der Waals surface area contributed by atoms with Crippen molar-refractivity contribution in [2.45, 2.75) is 27.7 Å². The molecule has 1 aliphatic heterocycles. The second-order valence-electron chi connectivity index (χ2n) is 6.50. The van der Waals surface area contributed by atoms with Crippen molar-refractivity contribution in [2.75, 3.05) is 12.4 Å². The number of rotatable bonds is 3. The fourth-order valence-electron chi connectivity index (χ4n) is 3.26. The molecule has 0 bridgehead atoms. The summed E-state index contributed by atoms with van der Waals surface area (Å²) in [5.41, 5.74) is 5.36. The molecular weight excluding hydrogens is 348 g/mol. The molecule has 0 aromatic heterocycles. The van der Waals surface area contributed by atoms with Gasteiger partial charge in [-0.25, -0.2) is 0 Å². The van der Waals surface area contributed by atoms with E-state index in [-0.39, 0.29) is 4.91 Å². The number of hydrogen-bond donors (Lipinski definition) is 1. The Balaban J connectivity index is 2.03. The molecule has 0 atom stereocenters. The maximum Gasteiger partial charge on any atom is 0.285 e. The highest BCUT2D eigenvalue weighted by Gasteiger charge is 2.31. The maximum absolute atomic E-state index is 12.6. The van der Waals surface area contributed by atoms with Gasteiger partial charge in [-0.05, 0) is 68.7 Å². The predicted molar refractivity (Wildman–Crippen MR) is 106 cm³/mol. The highest BCUT2D eigenvalue weighted by atomic mass is 32.2. The average molecular weight is 370 g/mol. The van der Waals surface area contributed by atoms with Crippen molar-refractivity contribution in [3.05, 3.63) is 64.2 Å². The lowest BCUT2D eigenvalue weighted by atomic mass is 10.0. The van der Waals surface area contributed by atoms with Gasteiger partial charge in [-0.1, -0.05) is 17.7 Å². The van der Waals surface area contributed by atoms with Gasteiger partial charge in [-0.15, -0.1) is 4.40 Å². The third kappa shape index (κ3) is 3.24. The van der Waals surface area contributed by atoms with Crippen molar-refractivity contribution in [1.82, 2.24) is 0 Å². The summed E-state index contributed by atoms with van der Waals surface area (Å²) in [6, 6.07) is 11.1. The van der Waals surface area contributed by atoms with Crippen LogP contribution in [0, 0.1) is 20.8 Å². The van der Waals surface area contributed by atoms with Crippen LogP contribution < -0.4 is 10.1 Å². The van der Waals surface area contributed by atoms with E-state index in [9.17, 15) is 8.42 Å². The zero-order valence-electron chi connectivity index (χ0n) is 15.5. The summed E-state index contributed by atoms with van der Waals surface area (Å²) in [5, 5.41) is 3.22. The molecule has 5 nitrogen and oxygen atoms in total. The number of sulfonamides is 1. The molecule has 1 aliphatic rings. The predicted octanol–water partition coefficient (Wildman–Crippen LogP) is 4.21. The molecule has 0 fully saturated rings.